The minimum absolute atomic E-state index is 0.773. The van der Waals surface area contributed by atoms with Gasteiger partial charge in [0.05, 0.1) is 6.61 Å². The largest absolute Gasteiger partial charge is 0.383 e. The molecule has 1 aliphatic heterocycles. The number of hydrogen-bond donors (Lipinski definition) is 1. The average Bonchev–Trinajstić information content (AvgIpc) is 2.46. The Balaban J connectivity index is 1.72. The second kappa shape index (κ2) is 7.43. The second-order valence-electron chi connectivity index (χ2n) is 5.79. The van der Waals surface area contributed by atoms with Gasteiger partial charge in [-0.05, 0) is 31.7 Å². The molecule has 4 nitrogen and oxygen atoms in total. The summed E-state index contributed by atoms with van der Waals surface area (Å²) in [5.74, 6) is 0.773. The van der Waals surface area contributed by atoms with Crippen molar-refractivity contribution in [2.75, 3.05) is 53.0 Å². The minimum Gasteiger partial charge on any atom is -0.383 e. The highest BCUT2D eigenvalue weighted by molar-refractivity contribution is 4.84. The Labute approximate surface area is 111 Å². The predicted octanol–water partition coefficient (Wildman–Crippen LogP) is 0.768. The number of rotatable bonds is 5. The van der Waals surface area contributed by atoms with E-state index in [0.717, 1.165) is 31.7 Å². The first-order chi connectivity index (χ1) is 8.83. The molecule has 1 aliphatic carbocycles. The van der Waals surface area contributed by atoms with Crippen LogP contribution in [0.2, 0.25) is 0 Å². The molecule has 2 rings (SSSR count). The van der Waals surface area contributed by atoms with E-state index in [0.29, 0.717) is 0 Å². The third-order valence-corrected chi connectivity index (χ3v) is 4.62. The fourth-order valence-corrected chi connectivity index (χ4v) is 3.38. The quantitative estimate of drug-likeness (QED) is 0.788. The fraction of sp³-hybridized carbons (Fsp3) is 1.00. The van der Waals surface area contributed by atoms with E-state index < -0.39 is 0 Å². The summed E-state index contributed by atoms with van der Waals surface area (Å²) in [6.45, 7) is 7.68. The lowest BCUT2D eigenvalue weighted by atomic mass is 9.85. The molecule has 0 spiro atoms. The zero-order valence-corrected chi connectivity index (χ0v) is 11.8. The van der Waals surface area contributed by atoms with E-state index in [2.05, 4.69) is 9.80 Å². The zero-order valence-electron chi connectivity index (χ0n) is 11.8. The highest BCUT2D eigenvalue weighted by atomic mass is 16.5. The van der Waals surface area contributed by atoms with E-state index in [9.17, 15) is 0 Å². The molecule has 1 saturated heterocycles. The Kier molecular flexibility index (Phi) is 5.89. The zero-order chi connectivity index (χ0) is 12.8. The Morgan fingerprint density at radius 3 is 2.61 bits per heavy atom. The third-order valence-electron chi connectivity index (χ3n) is 4.62. The van der Waals surface area contributed by atoms with E-state index in [1.807, 2.05) is 0 Å². The molecule has 18 heavy (non-hydrogen) atoms. The van der Waals surface area contributed by atoms with Crippen LogP contribution in [0.25, 0.3) is 0 Å². The van der Waals surface area contributed by atoms with Crippen molar-refractivity contribution in [2.45, 2.75) is 31.7 Å². The van der Waals surface area contributed by atoms with Crippen LogP contribution in [0, 0.1) is 5.92 Å². The molecular formula is C14H29N3O. The van der Waals surface area contributed by atoms with Crippen LogP contribution < -0.4 is 5.73 Å². The Hall–Kier alpha value is -0.160. The van der Waals surface area contributed by atoms with Gasteiger partial charge in [0.25, 0.3) is 0 Å². The maximum absolute atomic E-state index is 5.83. The Morgan fingerprint density at radius 2 is 1.94 bits per heavy atom. The summed E-state index contributed by atoms with van der Waals surface area (Å²) in [6, 6.07) is 0.803. The standard InChI is InChI=1S/C14H29N3O/c1-18-10-9-16-5-7-17(8-6-16)14-4-2-3-13(11-14)12-15/h13-14H,2-12,15H2,1H3. The van der Waals surface area contributed by atoms with Crippen molar-refractivity contribution in [3.8, 4) is 0 Å². The number of nitrogens with zero attached hydrogens (tertiary/aromatic N) is 2. The molecule has 2 unspecified atom stereocenters. The predicted molar refractivity (Wildman–Crippen MR) is 74.7 cm³/mol. The molecule has 0 radical (unpaired) electrons. The van der Waals surface area contributed by atoms with Crippen molar-refractivity contribution in [3.63, 3.8) is 0 Å². The SMILES string of the molecule is COCCN1CCN(C2CCCC(CN)C2)CC1. The van der Waals surface area contributed by atoms with Gasteiger partial charge in [-0.25, -0.2) is 0 Å². The molecule has 106 valence electrons. The number of nitrogens with two attached hydrogens (primary N) is 1. The second-order valence-corrected chi connectivity index (χ2v) is 5.79. The van der Waals surface area contributed by atoms with Crippen LogP contribution in [0.4, 0.5) is 0 Å². The van der Waals surface area contributed by atoms with Crippen molar-refractivity contribution in [1.82, 2.24) is 9.80 Å². The fourth-order valence-electron chi connectivity index (χ4n) is 3.38. The molecule has 2 N–H and O–H groups in total. The Morgan fingerprint density at radius 1 is 1.17 bits per heavy atom. The molecule has 0 aromatic heterocycles. The first kappa shape index (κ1) is 14.3. The highest BCUT2D eigenvalue weighted by Gasteiger charge is 2.28. The van der Waals surface area contributed by atoms with Crippen LogP contribution in [0.5, 0.6) is 0 Å². The van der Waals surface area contributed by atoms with Crippen LogP contribution in [-0.4, -0.2) is 68.8 Å². The van der Waals surface area contributed by atoms with Gasteiger partial charge in [0.1, 0.15) is 0 Å². The Bertz CT molecular complexity index is 229. The molecule has 0 amide bonds. The topological polar surface area (TPSA) is 41.7 Å². The van der Waals surface area contributed by atoms with Gasteiger partial charge in [-0.3, -0.25) is 9.80 Å². The van der Waals surface area contributed by atoms with Crippen molar-refractivity contribution < 1.29 is 4.74 Å². The van der Waals surface area contributed by atoms with Crippen molar-refractivity contribution >= 4 is 0 Å². The van der Waals surface area contributed by atoms with E-state index in [-0.39, 0.29) is 0 Å². The van der Waals surface area contributed by atoms with Gasteiger partial charge in [-0.1, -0.05) is 6.42 Å². The maximum atomic E-state index is 5.83. The monoisotopic (exact) mass is 255 g/mol. The van der Waals surface area contributed by atoms with Crippen LogP contribution in [0.1, 0.15) is 25.7 Å². The normalized spacial score (nSPS) is 31.7. The third kappa shape index (κ3) is 3.92. The molecule has 2 atom stereocenters. The van der Waals surface area contributed by atoms with E-state index in [1.54, 1.807) is 7.11 Å². The molecule has 0 aromatic rings. The van der Waals surface area contributed by atoms with Gasteiger partial charge >= 0.3 is 0 Å². The van der Waals surface area contributed by atoms with Gasteiger partial charge in [0, 0.05) is 45.9 Å². The summed E-state index contributed by atoms with van der Waals surface area (Å²) in [6.07, 6.45) is 5.43. The lowest BCUT2D eigenvalue weighted by Gasteiger charge is -2.42. The van der Waals surface area contributed by atoms with Gasteiger partial charge in [0.15, 0.2) is 0 Å². The number of ether oxygens (including phenoxy) is 1. The molecule has 4 heteroatoms. The smallest absolute Gasteiger partial charge is 0.0589 e. The molecule has 2 fully saturated rings. The van der Waals surface area contributed by atoms with Crippen LogP contribution >= 0.6 is 0 Å². The van der Waals surface area contributed by atoms with Crippen LogP contribution in [0.15, 0.2) is 0 Å². The summed E-state index contributed by atoms with van der Waals surface area (Å²) in [4.78, 5) is 5.22. The molecule has 1 heterocycles. The van der Waals surface area contributed by atoms with E-state index >= 15 is 0 Å². The summed E-state index contributed by atoms with van der Waals surface area (Å²) in [5, 5.41) is 0. The van der Waals surface area contributed by atoms with Crippen LogP contribution in [0.3, 0.4) is 0 Å². The lowest BCUT2D eigenvalue weighted by Crippen LogP contribution is -2.52. The number of piperazine rings is 1. The van der Waals surface area contributed by atoms with Crippen molar-refractivity contribution in [3.05, 3.63) is 0 Å². The highest BCUT2D eigenvalue weighted by Crippen LogP contribution is 2.27. The van der Waals surface area contributed by atoms with E-state index in [1.165, 1.54) is 51.9 Å². The summed E-state index contributed by atoms with van der Waals surface area (Å²) in [7, 11) is 1.78. The summed E-state index contributed by atoms with van der Waals surface area (Å²) < 4.78 is 5.15. The van der Waals surface area contributed by atoms with E-state index in [4.69, 9.17) is 10.5 Å². The number of methoxy groups -OCH3 is 1. The first-order valence-corrected chi connectivity index (χ1v) is 7.49. The van der Waals surface area contributed by atoms with Gasteiger partial charge < -0.3 is 10.5 Å². The summed E-state index contributed by atoms with van der Waals surface area (Å²) >= 11 is 0. The molecule has 2 aliphatic rings. The van der Waals surface area contributed by atoms with Crippen molar-refractivity contribution in [1.29, 1.82) is 0 Å². The molecule has 0 bridgehead atoms. The van der Waals surface area contributed by atoms with Gasteiger partial charge in [0.2, 0.25) is 0 Å². The molecular weight excluding hydrogens is 226 g/mol. The molecule has 0 aromatic carbocycles. The maximum Gasteiger partial charge on any atom is 0.0589 e. The molecule has 1 saturated carbocycles. The number of hydrogen-bond acceptors (Lipinski definition) is 4. The van der Waals surface area contributed by atoms with Gasteiger partial charge in [-0.15, -0.1) is 0 Å². The minimum atomic E-state index is 0.773. The van der Waals surface area contributed by atoms with Gasteiger partial charge in [-0.2, -0.15) is 0 Å². The summed E-state index contributed by atoms with van der Waals surface area (Å²) in [5.41, 5.74) is 5.83. The lowest BCUT2D eigenvalue weighted by molar-refractivity contribution is 0.0549. The van der Waals surface area contributed by atoms with Crippen molar-refractivity contribution in [2.24, 2.45) is 11.7 Å². The van der Waals surface area contributed by atoms with Crippen LogP contribution in [-0.2, 0) is 4.74 Å². The first-order valence-electron chi connectivity index (χ1n) is 7.49. The average molecular weight is 255 g/mol.